The van der Waals surface area contributed by atoms with Crippen molar-refractivity contribution in [3.63, 3.8) is 0 Å². The van der Waals surface area contributed by atoms with E-state index in [1.54, 1.807) is 25.6 Å². The van der Waals surface area contributed by atoms with Crippen molar-refractivity contribution in [2.24, 2.45) is 0 Å². The lowest BCUT2D eigenvalue weighted by atomic mass is 10.0. The van der Waals surface area contributed by atoms with E-state index >= 15 is 0 Å². The van der Waals surface area contributed by atoms with Gasteiger partial charge in [0.05, 0.1) is 12.8 Å². The maximum Gasteiger partial charge on any atom is 0.247 e. The number of ether oxygens (including phenoxy) is 1. The predicted molar refractivity (Wildman–Crippen MR) is 113 cm³/mol. The molecule has 0 aliphatic heterocycles. The van der Waals surface area contributed by atoms with Crippen molar-refractivity contribution in [3.8, 4) is 28.1 Å². The Morgan fingerprint density at radius 2 is 2.07 bits per heavy atom. The largest absolute Gasteiger partial charge is 0.497 e. The van der Waals surface area contributed by atoms with Crippen molar-refractivity contribution in [2.45, 2.75) is 6.92 Å². The Morgan fingerprint density at radius 3 is 2.83 bits per heavy atom. The molecular weight excluding hydrogens is 366 g/mol. The second-order valence-electron chi connectivity index (χ2n) is 6.46. The number of aryl methyl sites for hydroxylation is 1. The maximum atomic E-state index is 11.7. The van der Waals surface area contributed by atoms with Gasteiger partial charge in [0, 0.05) is 46.9 Å². The van der Waals surface area contributed by atoms with Gasteiger partial charge in [-0.3, -0.25) is 4.79 Å². The number of methoxy groups -OCH3 is 1. The summed E-state index contributed by atoms with van der Waals surface area (Å²) in [5.41, 5.74) is 4.91. The molecule has 2 N–H and O–H groups in total. The van der Waals surface area contributed by atoms with Crippen LogP contribution in [0.15, 0.2) is 61.6 Å². The molecule has 0 bridgehead atoms. The molecule has 4 aromatic rings. The number of fused-ring (bicyclic) bond motifs is 1. The smallest absolute Gasteiger partial charge is 0.247 e. The molecule has 0 radical (unpaired) electrons. The number of aromatic amines is 1. The van der Waals surface area contributed by atoms with Crippen LogP contribution in [0.2, 0.25) is 0 Å². The minimum Gasteiger partial charge on any atom is -0.497 e. The molecule has 29 heavy (non-hydrogen) atoms. The number of nitrogens with one attached hydrogen (secondary N) is 2. The zero-order chi connectivity index (χ0) is 20.4. The van der Waals surface area contributed by atoms with Crippen molar-refractivity contribution in [1.82, 2.24) is 19.9 Å². The third-order valence-corrected chi connectivity index (χ3v) is 4.51. The molecule has 0 fully saturated rings. The van der Waals surface area contributed by atoms with Gasteiger partial charge in [-0.05, 0) is 42.8 Å². The third kappa shape index (κ3) is 3.70. The van der Waals surface area contributed by atoms with Crippen LogP contribution in [0.5, 0.6) is 5.75 Å². The molecule has 7 nitrogen and oxygen atoms in total. The van der Waals surface area contributed by atoms with Gasteiger partial charge in [0.1, 0.15) is 17.2 Å². The summed E-state index contributed by atoms with van der Waals surface area (Å²) in [5.74, 6) is 1.05. The van der Waals surface area contributed by atoms with Gasteiger partial charge in [-0.25, -0.2) is 15.0 Å². The van der Waals surface area contributed by atoms with Gasteiger partial charge in [0.2, 0.25) is 5.91 Å². The first kappa shape index (κ1) is 18.4. The van der Waals surface area contributed by atoms with E-state index < -0.39 is 0 Å². The topological polar surface area (TPSA) is 92.8 Å². The summed E-state index contributed by atoms with van der Waals surface area (Å²) in [7, 11) is 1.58. The lowest BCUT2D eigenvalue weighted by Crippen LogP contribution is -2.07. The molecule has 144 valence electrons. The summed E-state index contributed by atoms with van der Waals surface area (Å²) in [6, 6.07) is 9.43. The SMILES string of the molecule is C=CC(=O)Nc1cc(OC)cc(-c2cnc3[nH]cc(-c4ccnc(C)n4)c3c2)c1. The molecule has 7 heteroatoms. The minimum atomic E-state index is -0.287. The summed E-state index contributed by atoms with van der Waals surface area (Å²) in [5, 5.41) is 3.72. The van der Waals surface area contributed by atoms with E-state index in [4.69, 9.17) is 4.74 Å². The van der Waals surface area contributed by atoms with Crippen LogP contribution in [0.3, 0.4) is 0 Å². The average molecular weight is 385 g/mol. The molecule has 1 aromatic carbocycles. The van der Waals surface area contributed by atoms with Gasteiger partial charge >= 0.3 is 0 Å². The molecule has 3 aromatic heterocycles. The Labute approximate surface area is 167 Å². The molecular formula is C22H19N5O2. The van der Waals surface area contributed by atoms with Gasteiger partial charge in [0.25, 0.3) is 0 Å². The number of nitrogens with zero attached hydrogens (tertiary/aromatic N) is 3. The number of carbonyl (C=O) groups is 1. The summed E-state index contributed by atoms with van der Waals surface area (Å²) in [4.78, 5) is 28.1. The second-order valence-corrected chi connectivity index (χ2v) is 6.46. The fraction of sp³-hybridized carbons (Fsp3) is 0.0909. The van der Waals surface area contributed by atoms with E-state index in [1.165, 1.54) is 6.08 Å². The number of H-pyrrole nitrogens is 1. The number of hydrogen-bond donors (Lipinski definition) is 2. The van der Waals surface area contributed by atoms with E-state index in [0.29, 0.717) is 17.3 Å². The predicted octanol–water partition coefficient (Wildman–Crippen LogP) is 4.13. The van der Waals surface area contributed by atoms with Crippen molar-refractivity contribution in [2.75, 3.05) is 12.4 Å². The first-order valence-corrected chi connectivity index (χ1v) is 8.97. The fourth-order valence-electron chi connectivity index (χ4n) is 3.13. The average Bonchev–Trinajstić information content (AvgIpc) is 3.16. The van der Waals surface area contributed by atoms with Gasteiger partial charge in [-0.15, -0.1) is 0 Å². The Kier molecular flexibility index (Phi) is 4.78. The van der Waals surface area contributed by atoms with Gasteiger partial charge in [-0.2, -0.15) is 0 Å². The highest BCUT2D eigenvalue weighted by atomic mass is 16.5. The van der Waals surface area contributed by atoms with Crippen LogP contribution in [0.1, 0.15) is 5.82 Å². The Balaban J connectivity index is 1.82. The van der Waals surface area contributed by atoms with E-state index in [0.717, 1.165) is 33.4 Å². The number of benzene rings is 1. The first-order chi connectivity index (χ1) is 14.1. The lowest BCUT2D eigenvalue weighted by Gasteiger charge is -2.10. The normalized spacial score (nSPS) is 10.7. The number of aromatic nitrogens is 4. The van der Waals surface area contributed by atoms with Crippen molar-refractivity contribution < 1.29 is 9.53 Å². The van der Waals surface area contributed by atoms with E-state index in [-0.39, 0.29) is 5.91 Å². The van der Waals surface area contributed by atoms with Crippen LogP contribution in [0, 0.1) is 6.92 Å². The molecule has 0 unspecified atom stereocenters. The number of amides is 1. The Morgan fingerprint density at radius 1 is 1.21 bits per heavy atom. The molecule has 0 atom stereocenters. The molecule has 4 rings (SSSR count). The highest BCUT2D eigenvalue weighted by molar-refractivity contribution is 6.00. The molecule has 0 spiro atoms. The standard InChI is InChI=1S/C22H19N5O2/c1-4-21(28)27-16-7-14(8-17(10-16)29-3)15-9-18-19(12-25-22(18)24-11-15)20-5-6-23-13(2)26-20/h4-12H,1H2,2-3H3,(H,24,25)(H,27,28). The number of rotatable bonds is 5. The summed E-state index contributed by atoms with van der Waals surface area (Å²) >= 11 is 0. The first-order valence-electron chi connectivity index (χ1n) is 8.97. The van der Waals surface area contributed by atoms with Crippen molar-refractivity contribution in [3.05, 3.63) is 67.4 Å². The lowest BCUT2D eigenvalue weighted by molar-refractivity contribution is -0.111. The quantitative estimate of drug-likeness (QED) is 0.504. The molecule has 0 saturated carbocycles. The molecule has 0 aliphatic rings. The van der Waals surface area contributed by atoms with Gasteiger partial charge < -0.3 is 15.0 Å². The Hall–Kier alpha value is -4.00. The number of hydrogen-bond acceptors (Lipinski definition) is 5. The van der Waals surface area contributed by atoms with E-state index in [9.17, 15) is 4.79 Å². The molecule has 3 heterocycles. The molecule has 0 saturated heterocycles. The zero-order valence-electron chi connectivity index (χ0n) is 16.1. The van der Waals surface area contributed by atoms with E-state index in [2.05, 4.69) is 31.8 Å². The third-order valence-electron chi connectivity index (χ3n) is 4.51. The number of anilines is 1. The van der Waals surface area contributed by atoms with Crippen molar-refractivity contribution >= 4 is 22.6 Å². The molecule has 1 amide bonds. The van der Waals surface area contributed by atoms with Crippen LogP contribution in [-0.2, 0) is 4.79 Å². The fourth-order valence-corrected chi connectivity index (χ4v) is 3.13. The van der Waals surface area contributed by atoms with Crippen molar-refractivity contribution in [1.29, 1.82) is 0 Å². The van der Waals surface area contributed by atoms with E-state index in [1.807, 2.05) is 37.4 Å². The van der Waals surface area contributed by atoms with Crippen LogP contribution < -0.4 is 10.1 Å². The van der Waals surface area contributed by atoms with Crippen LogP contribution in [0.4, 0.5) is 5.69 Å². The van der Waals surface area contributed by atoms with Crippen LogP contribution in [0.25, 0.3) is 33.4 Å². The number of pyridine rings is 1. The Bertz CT molecular complexity index is 1230. The maximum absolute atomic E-state index is 11.7. The number of carbonyl (C=O) groups excluding carboxylic acids is 1. The highest BCUT2D eigenvalue weighted by Crippen LogP contribution is 2.33. The summed E-state index contributed by atoms with van der Waals surface area (Å²) < 4.78 is 5.39. The van der Waals surface area contributed by atoms with Gasteiger partial charge in [0.15, 0.2) is 0 Å². The minimum absolute atomic E-state index is 0.287. The summed E-state index contributed by atoms with van der Waals surface area (Å²) in [6.07, 6.45) is 6.64. The van der Waals surface area contributed by atoms with Crippen LogP contribution in [-0.4, -0.2) is 33.0 Å². The highest BCUT2D eigenvalue weighted by Gasteiger charge is 2.12. The van der Waals surface area contributed by atoms with Crippen LogP contribution >= 0.6 is 0 Å². The summed E-state index contributed by atoms with van der Waals surface area (Å²) in [6.45, 7) is 5.34. The monoisotopic (exact) mass is 385 g/mol. The zero-order valence-corrected chi connectivity index (χ0v) is 16.1. The molecule has 0 aliphatic carbocycles. The second kappa shape index (κ2) is 7.55. The van der Waals surface area contributed by atoms with Gasteiger partial charge in [-0.1, -0.05) is 6.58 Å².